The number of nitrogens with zero attached hydrogens (tertiary/aromatic N) is 5. The van der Waals surface area contributed by atoms with Crippen molar-refractivity contribution in [3.63, 3.8) is 0 Å². The van der Waals surface area contributed by atoms with Gasteiger partial charge in [-0.05, 0) is 56.5 Å². The molecule has 0 bridgehead atoms. The van der Waals surface area contributed by atoms with Crippen molar-refractivity contribution < 1.29 is 0 Å². The lowest BCUT2D eigenvalue weighted by atomic mass is 9.74. The van der Waals surface area contributed by atoms with Crippen molar-refractivity contribution in [2.45, 2.75) is 71.3 Å². The van der Waals surface area contributed by atoms with Crippen molar-refractivity contribution in [3.8, 4) is 0 Å². The van der Waals surface area contributed by atoms with Crippen LogP contribution in [0.15, 0.2) is 4.99 Å². The first-order valence-corrected chi connectivity index (χ1v) is 12.4. The van der Waals surface area contributed by atoms with Crippen LogP contribution in [-0.2, 0) is 13.6 Å². The Balaban J connectivity index is 0.00000300. The molecule has 1 saturated carbocycles. The molecular formula is C21H39IN6S. The number of aryl methyl sites for hydroxylation is 1. The van der Waals surface area contributed by atoms with E-state index in [0.717, 1.165) is 30.7 Å². The maximum Gasteiger partial charge on any atom is 0.194 e. The van der Waals surface area contributed by atoms with Gasteiger partial charge in [0.05, 0.1) is 0 Å². The second-order valence-corrected chi connectivity index (χ2v) is 9.56. The van der Waals surface area contributed by atoms with Gasteiger partial charge in [0.25, 0.3) is 0 Å². The molecule has 6 nitrogen and oxygen atoms in total. The summed E-state index contributed by atoms with van der Waals surface area (Å²) >= 11 is 1.91. The lowest BCUT2D eigenvalue weighted by Crippen LogP contribution is -2.50. The van der Waals surface area contributed by atoms with Gasteiger partial charge in [-0.25, -0.2) is 4.99 Å². The van der Waals surface area contributed by atoms with Gasteiger partial charge >= 0.3 is 0 Å². The highest BCUT2D eigenvalue weighted by Crippen LogP contribution is 2.42. The summed E-state index contributed by atoms with van der Waals surface area (Å²) in [7, 11) is 2.02. The molecule has 166 valence electrons. The molecule has 0 amide bonds. The van der Waals surface area contributed by atoms with Crippen LogP contribution >= 0.6 is 35.7 Å². The first-order valence-electron chi connectivity index (χ1n) is 11.0. The predicted molar refractivity (Wildman–Crippen MR) is 134 cm³/mol. The summed E-state index contributed by atoms with van der Waals surface area (Å²) in [5.74, 6) is 4.13. The number of halogens is 1. The van der Waals surface area contributed by atoms with Crippen LogP contribution < -0.4 is 5.32 Å². The first kappa shape index (κ1) is 24.8. The van der Waals surface area contributed by atoms with E-state index < -0.39 is 0 Å². The molecule has 2 heterocycles. The van der Waals surface area contributed by atoms with E-state index in [2.05, 4.69) is 26.7 Å². The third-order valence-electron chi connectivity index (χ3n) is 6.49. The Kier molecular flexibility index (Phi) is 10.6. The summed E-state index contributed by atoms with van der Waals surface area (Å²) in [4.78, 5) is 7.53. The summed E-state index contributed by atoms with van der Waals surface area (Å²) in [5.41, 5.74) is 0.512. The van der Waals surface area contributed by atoms with E-state index in [1.54, 1.807) is 0 Å². The van der Waals surface area contributed by atoms with E-state index in [1.807, 2.05) is 30.3 Å². The number of thioether (sulfide) groups is 1. The second-order valence-electron chi connectivity index (χ2n) is 8.57. The molecular weight excluding hydrogens is 495 g/mol. The summed E-state index contributed by atoms with van der Waals surface area (Å²) < 4.78 is 2.04. The molecule has 3 rings (SSSR count). The predicted octanol–water partition coefficient (Wildman–Crippen LogP) is 4.38. The highest BCUT2D eigenvalue weighted by atomic mass is 127. The third kappa shape index (κ3) is 7.01. The number of nitrogens with one attached hydrogen (secondary N) is 1. The number of guanidine groups is 1. The Morgan fingerprint density at radius 2 is 1.86 bits per heavy atom. The van der Waals surface area contributed by atoms with E-state index >= 15 is 0 Å². The third-order valence-corrected chi connectivity index (χ3v) is 7.18. The minimum Gasteiger partial charge on any atom is -0.356 e. The largest absolute Gasteiger partial charge is 0.356 e. The molecule has 0 aromatic carbocycles. The number of piperidine rings is 1. The Hall–Kier alpha value is -0.510. The van der Waals surface area contributed by atoms with Crippen molar-refractivity contribution in [2.75, 3.05) is 31.6 Å². The minimum absolute atomic E-state index is 0. The number of hydrogen-bond donors (Lipinski definition) is 1. The van der Waals surface area contributed by atoms with E-state index in [-0.39, 0.29) is 24.0 Å². The van der Waals surface area contributed by atoms with Gasteiger partial charge in [0.1, 0.15) is 12.4 Å². The van der Waals surface area contributed by atoms with Crippen LogP contribution in [0, 0.1) is 12.3 Å². The molecule has 1 aromatic heterocycles. The lowest BCUT2D eigenvalue weighted by molar-refractivity contribution is 0.115. The monoisotopic (exact) mass is 534 g/mol. The van der Waals surface area contributed by atoms with Crippen LogP contribution in [0.5, 0.6) is 0 Å². The number of hydrogen-bond acceptors (Lipinski definition) is 4. The molecule has 0 unspecified atom stereocenters. The molecule has 1 aliphatic heterocycles. The zero-order valence-electron chi connectivity index (χ0n) is 18.5. The molecule has 1 aromatic rings. The second kappa shape index (κ2) is 12.4. The molecule has 1 N–H and O–H groups in total. The van der Waals surface area contributed by atoms with E-state index in [1.165, 1.54) is 70.1 Å². The molecule has 1 aliphatic carbocycles. The normalized spacial score (nSPS) is 19.7. The maximum absolute atomic E-state index is 4.99. The Labute approximate surface area is 198 Å². The van der Waals surface area contributed by atoms with Crippen LogP contribution in [0.4, 0.5) is 0 Å². The molecule has 0 radical (unpaired) electrons. The number of aromatic nitrogens is 3. The zero-order chi connectivity index (χ0) is 19.8. The van der Waals surface area contributed by atoms with Crippen molar-refractivity contribution in [3.05, 3.63) is 11.6 Å². The van der Waals surface area contributed by atoms with E-state index in [4.69, 9.17) is 4.99 Å². The van der Waals surface area contributed by atoms with E-state index in [9.17, 15) is 0 Å². The Bertz CT molecular complexity index is 639. The fourth-order valence-corrected chi connectivity index (χ4v) is 5.13. The number of likely N-dealkylation sites (tertiary alicyclic amines) is 1. The average Bonchev–Trinajstić information content (AvgIpc) is 2.89. The summed E-state index contributed by atoms with van der Waals surface area (Å²) in [6.45, 7) is 5.85. The van der Waals surface area contributed by atoms with Gasteiger partial charge in [-0.15, -0.1) is 34.2 Å². The van der Waals surface area contributed by atoms with Crippen LogP contribution in [0.25, 0.3) is 0 Å². The van der Waals surface area contributed by atoms with Crippen LogP contribution in [-0.4, -0.2) is 57.3 Å². The molecule has 29 heavy (non-hydrogen) atoms. The molecule has 8 heteroatoms. The van der Waals surface area contributed by atoms with Crippen molar-refractivity contribution >= 4 is 41.7 Å². The Morgan fingerprint density at radius 1 is 1.14 bits per heavy atom. The van der Waals surface area contributed by atoms with Crippen molar-refractivity contribution in [1.82, 2.24) is 25.0 Å². The van der Waals surface area contributed by atoms with Crippen molar-refractivity contribution in [1.29, 1.82) is 0 Å². The summed E-state index contributed by atoms with van der Waals surface area (Å²) in [6, 6.07) is 0. The summed E-state index contributed by atoms with van der Waals surface area (Å²) in [6.07, 6.45) is 14.5. The highest BCUT2D eigenvalue weighted by Gasteiger charge is 2.36. The molecule has 0 atom stereocenters. The van der Waals surface area contributed by atoms with Crippen LogP contribution in [0.3, 0.4) is 0 Å². The quantitative estimate of drug-likeness (QED) is 0.254. The Morgan fingerprint density at radius 3 is 2.52 bits per heavy atom. The van der Waals surface area contributed by atoms with E-state index in [0.29, 0.717) is 12.0 Å². The zero-order valence-corrected chi connectivity index (χ0v) is 21.6. The highest BCUT2D eigenvalue weighted by molar-refractivity contribution is 14.0. The smallest absolute Gasteiger partial charge is 0.194 e. The van der Waals surface area contributed by atoms with Crippen molar-refractivity contribution in [2.24, 2.45) is 17.5 Å². The first-order chi connectivity index (χ1) is 13.6. The molecule has 2 aliphatic rings. The topological polar surface area (TPSA) is 58.3 Å². The van der Waals surface area contributed by atoms with Gasteiger partial charge in [-0.2, -0.15) is 11.8 Å². The number of aliphatic imine (C=N–C) groups is 1. The standard InChI is InChI=1S/C21H38N6S.HI/c1-18-24-25-19(26(18)2)16-23-20(22-13-9-15-28-3)27-14-8-12-21(17-27)10-6-4-5-7-11-21;/h4-17H2,1-3H3,(H,22,23);1H. The minimum atomic E-state index is 0. The van der Waals surface area contributed by atoms with Crippen LogP contribution in [0.2, 0.25) is 0 Å². The average molecular weight is 535 g/mol. The van der Waals surface area contributed by atoms with Gasteiger partial charge in [-0.1, -0.05) is 25.7 Å². The summed E-state index contributed by atoms with van der Waals surface area (Å²) in [5, 5.41) is 12.1. The molecule has 1 saturated heterocycles. The fourth-order valence-electron chi connectivity index (χ4n) is 4.69. The number of rotatable bonds is 6. The maximum atomic E-state index is 4.99. The SMILES string of the molecule is CSCCCNC(=NCc1nnc(C)n1C)N1CCCC2(CCCCCC2)C1.I. The molecule has 1 spiro atoms. The van der Waals surface area contributed by atoms with Crippen LogP contribution in [0.1, 0.15) is 69.4 Å². The van der Waals surface area contributed by atoms with Gasteiger partial charge < -0.3 is 14.8 Å². The lowest BCUT2D eigenvalue weighted by Gasteiger charge is -2.44. The molecule has 2 fully saturated rings. The van der Waals surface area contributed by atoms with Gasteiger partial charge in [-0.3, -0.25) is 0 Å². The fraction of sp³-hybridized carbons (Fsp3) is 0.857. The van der Waals surface area contributed by atoms with Gasteiger partial charge in [0.15, 0.2) is 11.8 Å². The van der Waals surface area contributed by atoms with Gasteiger partial charge in [0, 0.05) is 26.7 Å². The van der Waals surface area contributed by atoms with Gasteiger partial charge in [0.2, 0.25) is 0 Å².